The van der Waals surface area contributed by atoms with E-state index in [1.807, 2.05) is 0 Å². The van der Waals surface area contributed by atoms with E-state index in [0.29, 0.717) is 0 Å². The molecule has 2 nitrogen and oxygen atoms in total. The quantitative estimate of drug-likeness (QED) is 0.702. The number of rotatable bonds is 4. The summed E-state index contributed by atoms with van der Waals surface area (Å²) >= 11 is 0. The normalized spacial score (nSPS) is 15.4. The summed E-state index contributed by atoms with van der Waals surface area (Å²) in [4.78, 5) is 0. The largest absolute Gasteiger partial charge is 0.436 e. The Morgan fingerprint density at radius 1 is 0.625 bits per heavy atom. The van der Waals surface area contributed by atoms with Gasteiger partial charge in [-0.2, -0.15) is 0 Å². The summed E-state index contributed by atoms with van der Waals surface area (Å²) in [5.74, 6) is 0. The van der Waals surface area contributed by atoms with Crippen molar-refractivity contribution in [1.82, 2.24) is 0 Å². The molecule has 98 valence electrons. The molecular weight excluding hydrogens is 248 g/mol. The maximum atomic E-state index is 6.46. The summed E-state index contributed by atoms with van der Waals surface area (Å²) in [7, 11) is -5.18. The highest BCUT2D eigenvalue weighted by Gasteiger charge is 2.49. The maximum absolute atomic E-state index is 6.46. The lowest BCUT2D eigenvalue weighted by Gasteiger charge is -2.46. The smallest absolute Gasteiger partial charge is 0.319 e. The van der Waals surface area contributed by atoms with Gasteiger partial charge in [-0.25, -0.2) is 0 Å². The molecule has 0 radical (unpaired) electrons. The zero-order valence-electron chi connectivity index (χ0n) is 12.8. The lowest BCUT2D eigenvalue weighted by Crippen LogP contribution is -2.57. The van der Waals surface area contributed by atoms with Gasteiger partial charge in [-0.1, -0.05) is 20.8 Å². The third-order valence-corrected chi connectivity index (χ3v) is 13.1. The van der Waals surface area contributed by atoms with Crippen molar-refractivity contribution in [2.24, 2.45) is 0 Å². The minimum absolute atomic E-state index is 0.133. The molecule has 0 rings (SSSR count). The molecule has 0 heterocycles. The molecule has 0 aromatic carbocycles. The van der Waals surface area contributed by atoms with Crippen LogP contribution in [0, 0.1) is 0 Å². The van der Waals surface area contributed by atoms with Crippen molar-refractivity contribution >= 4 is 25.2 Å². The minimum atomic E-state index is -2.10. The molecule has 0 fully saturated rings. The summed E-state index contributed by atoms with van der Waals surface area (Å²) in [6.45, 7) is 22.5. The molecule has 16 heavy (non-hydrogen) atoms. The van der Waals surface area contributed by atoms with Crippen LogP contribution >= 0.6 is 0 Å². The standard InChI is InChI=1S/C11H30O2Si3/c1-11(2,3)16(10,12-14(4,5)6)13-15(7,8)9/h1-10H3. The summed E-state index contributed by atoms with van der Waals surface area (Å²) < 4.78 is 12.9. The van der Waals surface area contributed by atoms with E-state index < -0.39 is 25.2 Å². The Kier molecular flexibility index (Phi) is 4.85. The first-order chi connectivity index (χ1) is 6.66. The van der Waals surface area contributed by atoms with Crippen molar-refractivity contribution < 1.29 is 8.23 Å². The molecule has 0 spiro atoms. The molecule has 0 aliphatic carbocycles. The Bertz CT molecular complexity index is 217. The van der Waals surface area contributed by atoms with E-state index >= 15 is 0 Å². The predicted octanol–water partition coefficient (Wildman–Crippen LogP) is 4.56. The molecule has 5 heteroatoms. The van der Waals surface area contributed by atoms with Crippen molar-refractivity contribution in [2.75, 3.05) is 0 Å². The predicted molar refractivity (Wildman–Crippen MR) is 80.2 cm³/mol. The van der Waals surface area contributed by atoms with Crippen molar-refractivity contribution in [3.63, 3.8) is 0 Å². The van der Waals surface area contributed by atoms with Gasteiger partial charge >= 0.3 is 8.56 Å². The van der Waals surface area contributed by atoms with E-state index in [1.165, 1.54) is 0 Å². The molecule has 0 amide bonds. The van der Waals surface area contributed by atoms with Gasteiger partial charge < -0.3 is 8.23 Å². The molecule has 0 atom stereocenters. The molecule has 0 aliphatic heterocycles. The summed E-state index contributed by atoms with van der Waals surface area (Å²) in [6, 6.07) is 0. The Morgan fingerprint density at radius 2 is 0.875 bits per heavy atom. The van der Waals surface area contributed by atoms with Gasteiger partial charge in [0.2, 0.25) is 0 Å². The van der Waals surface area contributed by atoms with E-state index in [-0.39, 0.29) is 5.04 Å². The maximum Gasteiger partial charge on any atom is 0.319 e. The van der Waals surface area contributed by atoms with E-state index in [2.05, 4.69) is 66.6 Å². The van der Waals surface area contributed by atoms with Crippen molar-refractivity contribution in [1.29, 1.82) is 0 Å². The van der Waals surface area contributed by atoms with Gasteiger partial charge in [-0.15, -0.1) is 0 Å². The fraction of sp³-hybridized carbons (Fsp3) is 1.00. The first kappa shape index (κ1) is 16.6. The van der Waals surface area contributed by atoms with E-state index in [9.17, 15) is 0 Å². The zero-order valence-corrected chi connectivity index (χ0v) is 15.8. The Hall–Kier alpha value is 0.571. The van der Waals surface area contributed by atoms with Crippen LogP contribution in [0.15, 0.2) is 0 Å². The van der Waals surface area contributed by atoms with Crippen LogP contribution in [0.2, 0.25) is 50.9 Å². The highest BCUT2D eigenvalue weighted by molar-refractivity contribution is 6.88. The van der Waals surface area contributed by atoms with Crippen LogP contribution in [0.5, 0.6) is 0 Å². The van der Waals surface area contributed by atoms with E-state index in [0.717, 1.165) is 0 Å². The fourth-order valence-electron chi connectivity index (χ4n) is 1.50. The van der Waals surface area contributed by atoms with Crippen LogP contribution < -0.4 is 0 Å². The van der Waals surface area contributed by atoms with Gasteiger partial charge in [-0.3, -0.25) is 0 Å². The monoisotopic (exact) mass is 278 g/mol. The third-order valence-electron chi connectivity index (χ3n) is 2.36. The fourth-order valence-corrected chi connectivity index (χ4v) is 13.8. The lowest BCUT2D eigenvalue weighted by molar-refractivity contribution is 0.340. The SMILES string of the molecule is CC(C)(C)[Si](C)(O[Si](C)(C)C)O[Si](C)(C)C. The third kappa shape index (κ3) is 5.77. The van der Waals surface area contributed by atoms with Crippen LogP contribution in [0.1, 0.15) is 20.8 Å². The van der Waals surface area contributed by atoms with Crippen LogP contribution in [0.25, 0.3) is 0 Å². The number of hydrogen-bond acceptors (Lipinski definition) is 2. The first-order valence-corrected chi connectivity index (χ1v) is 15.2. The van der Waals surface area contributed by atoms with Crippen LogP contribution in [0.3, 0.4) is 0 Å². The Morgan fingerprint density at radius 3 is 1.00 bits per heavy atom. The zero-order chi connectivity index (χ0) is 13.4. The molecule has 0 unspecified atom stereocenters. The lowest BCUT2D eigenvalue weighted by atomic mass is 10.3. The average molecular weight is 279 g/mol. The molecule has 0 bridgehead atoms. The Balaban J connectivity index is 5.07. The summed E-state index contributed by atoms with van der Waals surface area (Å²) in [5.41, 5.74) is 0. The molecular formula is C11H30O2Si3. The van der Waals surface area contributed by atoms with Crippen LogP contribution in [0.4, 0.5) is 0 Å². The van der Waals surface area contributed by atoms with Crippen molar-refractivity contribution in [3.8, 4) is 0 Å². The molecule has 0 saturated carbocycles. The molecule has 0 N–H and O–H groups in total. The van der Waals surface area contributed by atoms with Crippen LogP contribution in [-0.4, -0.2) is 25.2 Å². The molecule has 0 aromatic heterocycles. The van der Waals surface area contributed by atoms with Gasteiger partial charge in [0.1, 0.15) is 0 Å². The van der Waals surface area contributed by atoms with E-state index in [1.54, 1.807) is 0 Å². The van der Waals surface area contributed by atoms with Gasteiger partial charge in [-0.05, 0) is 45.8 Å². The molecule has 0 saturated heterocycles. The highest BCUT2D eigenvalue weighted by atomic mass is 28.5. The minimum Gasteiger partial charge on any atom is -0.436 e. The molecule has 0 aliphatic rings. The Labute approximate surface area is 105 Å². The summed E-state index contributed by atoms with van der Waals surface area (Å²) in [6.07, 6.45) is 0. The number of hydrogen-bond donors (Lipinski definition) is 0. The first-order valence-electron chi connectivity index (χ1n) is 6.07. The van der Waals surface area contributed by atoms with Crippen molar-refractivity contribution in [2.45, 2.75) is 71.6 Å². The van der Waals surface area contributed by atoms with Crippen LogP contribution in [-0.2, 0) is 8.23 Å². The second-order valence-corrected chi connectivity index (χ2v) is 21.1. The van der Waals surface area contributed by atoms with Crippen molar-refractivity contribution in [3.05, 3.63) is 0 Å². The van der Waals surface area contributed by atoms with Gasteiger partial charge in [0.05, 0.1) is 0 Å². The second kappa shape index (κ2) is 4.68. The average Bonchev–Trinajstić information content (AvgIpc) is 1.72. The van der Waals surface area contributed by atoms with Gasteiger partial charge in [0.25, 0.3) is 0 Å². The van der Waals surface area contributed by atoms with E-state index in [4.69, 9.17) is 8.23 Å². The van der Waals surface area contributed by atoms with Gasteiger partial charge in [0, 0.05) is 5.04 Å². The molecule has 0 aromatic rings. The summed E-state index contributed by atoms with van der Waals surface area (Å²) in [5, 5.41) is 0.133. The second-order valence-electron chi connectivity index (χ2n) is 7.62. The van der Waals surface area contributed by atoms with Gasteiger partial charge in [0.15, 0.2) is 16.6 Å². The highest BCUT2D eigenvalue weighted by Crippen LogP contribution is 2.40. The topological polar surface area (TPSA) is 18.5 Å².